The molecule has 0 saturated carbocycles. The molecular weight excluding hydrogens is 516 g/mol. The SMILES string of the molecule is NCCCCCCCCCCCCCCOOOOOC1(N)N=CN=C2C1=NCN2[C@@H]1O[C@H](CO)[C@@H](O)[C@H]1O. The summed E-state index contributed by atoms with van der Waals surface area (Å²) in [4.78, 5) is 23.7. The van der Waals surface area contributed by atoms with Gasteiger partial charge in [0.1, 0.15) is 31.3 Å². The molecule has 1 unspecified atom stereocenters. The summed E-state index contributed by atoms with van der Waals surface area (Å²) in [5, 5.41) is 43.1. The van der Waals surface area contributed by atoms with E-state index in [1.165, 1.54) is 56.3 Å². The van der Waals surface area contributed by atoms with Crippen LogP contribution in [0, 0.1) is 0 Å². The summed E-state index contributed by atoms with van der Waals surface area (Å²) in [7, 11) is 0. The second-order valence-electron chi connectivity index (χ2n) is 9.88. The third kappa shape index (κ3) is 9.47. The van der Waals surface area contributed by atoms with E-state index in [2.05, 4.69) is 30.1 Å². The van der Waals surface area contributed by atoms with E-state index in [1.807, 2.05) is 0 Å². The van der Waals surface area contributed by atoms with Gasteiger partial charge in [0.05, 0.1) is 13.2 Å². The quantitative estimate of drug-likeness (QED) is 0.0565. The van der Waals surface area contributed by atoms with Gasteiger partial charge in [-0.15, -0.1) is 4.89 Å². The van der Waals surface area contributed by atoms with Crippen LogP contribution in [-0.2, 0) is 29.6 Å². The van der Waals surface area contributed by atoms with Gasteiger partial charge in [0, 0.05) is 0 Å². The number of nitrogens with zero attached hydrogens (tertiary/aromatic N) is 4. The minimum absolute atomic E-state index is 0.0114. The molecule has 15 nitrogen and oxygen atoms in total. The van der Waals surface area contributed by atoms with Crippen LogP contribution in [0.1, 0.15) is 77.0 Å². The minimum Gasteiger partial charge on any atom is -0.394 e. The molecule has 0 aliphatic carbocycles. The van der Waals surface area contributed by atoms with E-state index in [0.29, 0.717) is 6.61 Å². The zero-order valence-electron chi connectivity index (χ0n) is 22.4. The normalized spacial score (nSPS) is 28.2. The van der Waals surface area contributed by atoms with Gasteiger partial charge >= 0.3 is 0 Å². The van der Waals surface area contributed by atoms with E-state index in [9.17, 15) is 15.3 Å². The Balaban J connectivity index is 1.20. The Morgan fingerprint density at radius 3 is 2.18 bits per heavy atom. The molecule has 3 aliphatic rings. The van der Waals surface area contributed by atoms with E-state index in [1.54, 1.807) is 0 Å². The van der Waals surface area contributed by atoms with Crippen LogP contribution in [-0.4, -0.2) is 94.9 Å². The number of ether oxygens (including phenoxy) is 1. The van der Waals surface area contributed by atoms with Gasteiger partial charge in [-0.05, 0) is 34.5 Å². The maximum absolute atomic E-state index is 10.3. The highest BCUT2D eigenvalue weighted by Gasteiger charge is 2.51. The van der Waals surface area contributed by atoms with Crippen molar-refractivity contribution >= 4 is 17.9 Å². The molecule has 0 aromatic carbocycles. The first-order valence-electron chi connectivity index (χ1n) is 13.9. The van der Waals surface area contributed by atoms with Crippen molar-refractivity contribution in [2.75, 3.05) is 26.4 Å². The lowest BCUT2D eigenvalue weighted by molar-refractivity contribution is -0.715. The minimum atomic E-state index is -1.92. The fraction of sp³-hybridized carbons (Fsp3) is 0.875. The molecule has 3 aliphatic heterocycles. The molecule has 0 aromatic heterocycles. The molecule has 0 bridgehead atoms. The summed E-state index contributed by atoms with van der Waals surface area (Å²) in [5.41, 5.74) is 11.7. The van der Waals surface area contributed by atoms with E-state index >= 15 is 0 Å². The topological polar surface area (TPSA) is 208 Å². The molecule has 7 N–H and O–H groups in total. The Hall–Kier alpha value is -1.63. The predicted molar refractivity (Wildman–Crippen MR) is 139 cm³/mol. The van der Waals surface area contributed by atoms with E-state index in [-0.39, 0.29) is 18.2 Å². The Bertz CT molecular complexity index is 804. The Labute approximate surface area is 228 Å². The van der Waals surface area contributed by atoms with Crippen molar-refractivity contribution in [3.63, 3.8) is 0 Å². The first-order valence-corrected chi connectivity index (χ1v) is 13.9. The highest BCUT2D eigenvalue weighted by molar-refractivity contribution is 6.47. The third-order valence-electron chi connectivity index (χ3n) is 6.90. The number of aliphatic hydroxyl groups is 3. The molecular formula is C24H44N6O9. The van der Waals surface area contributed by atoms with Crippen molar-refractivity contribution in [3.05, 3.63) is 0 Å². The molecule has 39 heavy (non-hydrogen) atoms. The maximum Gasteiger partial charge on any atom is 0.296 e. The van der Waals surface area contributed by atoms with E-state index in [0.717, 1.165) is 38.6 Å². The predicted octanol–water partition coefficient (Wildman–Crippen LogP) is 0.575. The number of rotatable bonds is 21. The largest absolute Gasteiger partial charge is 0.394 e. The van der Waals surface area contributed by atoms with Crippen molar-refractivity contribution in [2.24, 2.45) is 26.4 Å². The molecule has 224 valence electrons. The summed E-state index contributed by atoms with van der Waals surface area (Å²) in [6.07, 6.45) is 10.9. The van der Waals surface area contributed by atoms with Crippen molar-refractivity contribution in [1.82, 2.24) is 4.90 Å². The molecule has 1 saturated heterocycles. The Morgan fingerprint density at radius 2 is 1.56 bits per heavy atom. The average Bonchev–Trinajstić information content (AvgIpc) is 3.49. The smallest absolute Gasteiger partial charge is 0.296 e. The summed E-state index contributed by atoms with van der Waals surface area (Å²) >= 11 is 0. The van der Waals surface area contributed by atoms with Crippen LogP contribution < -0.4 is 11.5 Å². The highest BCUT2D eigenvalue weighted by Crippen LogP contribution is 2.29. The van der Waals surface area contributed by atoms with Gasteiger partial charge in [-0.25, -0.2) is 14.9 Å². The second kappa shape index (κ2) is 17.2. The number of hydrogen-bond donors (Lipinski definition) is 5. The van der Waals surface area contributed by atoms with Crippen LogP contribution in [0.2, 0.25) is 0 Å². The lowest BCUT2D eigenvalue weighted by Gasteiger charge is -2.30. The van der Waals surface area contributed by atoms with Gasteiger partial charge in [-0.1, -0.05) is 64.2 Å². The van der Waals surface area contributed by atoms with Crippen LogP contribution in [0.4, 0.5) is 0 Å². The zero-order chi connectivity index (χ0) is 27.9. The number of nitrogens with two attached hydrogens (primary N) is 2. The second-order valence-corrected chi connectivity index (χ2v) is 9.88. The van der Waals surface area contributed by atoms with Gasteiger partial charge in [-0.2, -0.15) is 0 Å². The summed E-state index contributed by atoms with van der Waals surface area (Å²) in [5.74, 6) is -1.72. The first kappa shape index (κ1) is 31.9. The monoisotopic (exact) mass is 560 g/mol. The maximum atomic E-state index is 10.3. The van der Waals surface area contributed by atoms with E-state index < -0.39 is 37.0 Å². The fourth-order valence-electron chi connectivity index (χ4n) is 4.66. The van der Waals surface area contributed by atoms with Crippen molar-refractivity contribution in [3.8, 4) is 0 Å². The third-order valence-corrected chi connectivity index (χ3v) is 6.90. The molecule has 3 heterocycles. The van der Waals surface area contributed by atoms with E-state index in [4.69, 9.17) is 26.0 Å². The molecule has 0 spiro atoms. The van der Waals surface area contributed by atoms with Gasteiger partial charge in [0.2, 0.25) is 0 Å². The number of aliphatic imine (C=N–C) groups is 3. The van der Waals surface area contributed by atoms with Gasteiger partial charge in [0.15, 0.2) is 17.8 Å². The summed E-state index contributed by atoms with van der Waals surface area (Å²) in [6.45, 7) is 0.651. The molecule has 0 amide bonds. The van der Waals surface area contributed by atoms with Crippen molar-refractivity contribution in [1.29, 1.82) is 0 Å². The summed E-state index contributed by atoms with van der Waals surface area (Å²) in [6, 6.07) is 0. The number of fused-ring (bicyclic) bond motifs is 1. The molecule has 0 radical (unpaired) electrons. The lowest BCUT2D eigenvalue weighted by Crippen LogP contribution is -2.56. The first-order chi connectivity index (χ1) is 19.0. The highest BCUT2D eigenvalue weighted by atomic mass is 17.8. The Morgan fingerprint density at radius 1 is 0.923 bits per heavy atom. The zero-order valence-corrected chi connectivity index (χ0v) is 22.4. The van der Waals surface area contributed by atoms with Crippen molar-refractivity contribution in [2.45, 2.75) is 107 Å². The average molecular weight is 561 g/mol. The van der Waals surface area contributed by atoms with Crippen LogP contribution >= 0.6 is 0 Å². The number of unbranched alkanes of at least 4 members (excludes halogenated alkanes) is 11. The molecule has 0 aromatic rings. The van der Waals surface area contributed by atoms with Crippen LogP contribution in [0.3, 0.4) is 0 Å². The van der Waals surface area contributed by atoms with Gasteiger partial charge < -0.3 is 30.7 Å². The van der Waals surface area contributed by atoms with Crippen molar-refractivity contribution < 1.29 is 44.9 Å². The molecule has 1 fully saturated rings. The van der Waals surface area contributed by atoms with Crippen LogP contribution in [0.15, 0.2) is 15.0 Å². The van der Waals surface area contributed by atoms with Crippen LogP contribution in [0.25, 0.3) is 0 Å². The lowest BCUT2D eigenvalue weighted by atomic mass is 10.1. The number of aliphatic hydroxyl groups excluding tert-OH is 3. The van der Waals surface area contributed by atoms with Crippen LogP contribution in [0.5, 0.6) is 0 Å². The summed E-state index contributed by atoms with van der Waals surface area (Å²) < 4.78 is 5.54. The Kier molecular flexibility index (Phi) is 14.1. The van der Waals surface area contributed by atoms with Gasteiger partial charge in [0.25, 0.3) is 5.85 Å². The molecule has 5 atom stereocenters. The number of amidine groups is 1. The molecule has 3 rings (SSSR count). The fourth-order valence-corrected chi connectivity index (χ4v) is 4.66. The number of hydrogen-bond acceptors (Lipinski definition) is 15. The standard InChI is InChI=1S/C24H44N6O9/c25-13-11-9-7-5-3-1-2-4-6-8-10-12-14-34-37-39-38-36-24(26)21-22(27-16-29-24)30(17-28-21)23-20(33)19(32)18(15-31)35-23/h16,18-20,23,31-33H,1-15,17,25-26H2/t18-,19-,20-,23-,24?/m1/s1. The molecule has 15 heteroatoms. The van der Waals surface area contributed by atoms with Gasteiger partial charge in [-0.3, -0.25) is 10.7 Å².